The molecule has 0 aromatic rings. The van der Waals surface area contributed by atoms with E-state index in [4.69, 9.17) is 5.73 Å². The number of nitrogens with two attached hydrogens (primary N) is 1. The second-order valence-corrected chi connectivity index (χ2v) is 4.89. The van der Waals surface area contributed by atoms with Gasteiger partial charge in [-0.15, -0.1) is 0 Å². The third-order valence-electron chi connectivity index (χ3n) is 3.60. The Bertz CT molecular complexity index is 217. The molecule has 2 fully saturated rings. The zero-order chi connectivity index (χ0) is 10.0. The fraction of sp³-hybridized carbons (Fsp3) is 0.909. The minimum Gasteiger partial charge on any atom is -0.349 e. The molecule has 2 rings (SSSR count). The lowest BCUT2D eigenvalue weighted by molar-refractivity contribution is -0.122. The van der Waals surface area contributed by atoms with Gasteiger partial charge in [-0.2, -0.15) is 0 Å². The zero-order valence-corrected chi connectivity index (χ0v) is 8.72. The van der Waals surface area contributed by atoms with Crippen LogP contribution in [0, 0.1) is 5.92 Å². The molecular weight excluding hydrogens is 176 g/mol. The quantitative estimate of drug-likeness (QED) is 0.709. The lowest BCUT2D eigenvalue weighted by Crippen LogP contribution is -2.42. The Morgan fingerprint density at radius 3 is 2.50 bits per heavy atom. The van der Waals surface area contributed by atoms with Gasteiger partial charge in [-0.3, -0.25) is 4.79 Å². The molecule has 80 valence electrons. The fourth-order valence-electron chi connectivity index (χ4n) is 2.35. The summed E-state index contributed by atoms with van der Waals surface area (Å²) in [4.78, 5) is 11.6. The molecule has 1 amide bonds. The number of hydrogen-bond acceptors (Lipinski definition) is 2. The predicted octanol–water partition coefficient (Wildman–Crippen LogP) is 1.17. The minimum absolute atomic E-state index is 0.00428. The minimum atomic E-state index is -0.00428. The highest BCUT2D eigenvalue weighted by atomic mass is 16.1. The first-order valence-electron chi connectivity index (χ1n) is 5.75. The average molecular weight is 196 g/mol. The van der Waals surface area contributed by atoms with Gasteiger partial charge in [-0.05, 0) is 31.6 Å². The van der Waals surface area contributed by atoms with E-state index >= 15 is 0 Å². The molecule has 0 aromatic heterocycles. The van der Waals surface area contributed by atoms with E-state index in [0.717, 1.165) is 19.3 Å². The highest BCUT2D eigenvalue weighted by molar-refractivity contribution is 5.77. The number of carbonyl (C=O) groups is 1. The van der Waals surface area contributed by atoms with Gasteiger partial charge in [0.05, 0.1) is 5.54 Å². The molecule has 0 spiro atoms. The topological polar surface area (TPSA) is 55.1 Å². The van der Waals surface area contributed by atoms with Crippen LogP contribution in [0.15, 0.2) is 0 Å². The van der Waals surface area contributed by atoms with Gasteiger partial charge in [-0.25, -0.2) is 0 Å². The Balaban J connectivity index is 1.73. The second kappa shape index (κ2) is 3.89. The summed E-state index contributed by atoms with van der Waals surface area (Å²) in [6.07, 6.45) is 7.95. The molecule has 3 heteroatoms. The van der Waals surface area contributed by atoms with Gasteiger partial charge >= 0.3 is 0 Å². The van der Waals surface area contributed by atoms with E-state index in [2.05, 4.69) is 5.32 Å². The van der Waals surface area contributed by atoms with Crippen molar-refractivity contribution < 1.29 is 4.79 Å². The third-order valence-corrected chi connectivity index (χ3v) is 3.60. The first-order chi connectivity index (χ1) is 6.74. The summed E-state index contributed by atoms with van der Waals surface area (Å²) in [7, 11) is 0. The van der Waals surface area contributed by atoms with Crippen molar-refractivity contribution in [3.05, 3.63) is 0 Å². The third kappa shape index (κ3) is 2.27. The van der Waals surface area contributed by atoms with Crippen LogP contribution >= 0.6 is 0 Å². The maximum absolute atomic E-state index is 11.6. The van der Waals surface area contributed by atoms with Crippen LogP contribution in [0.5, 0.6) is 0 Å². The zero-order valence-electron chi connectivity index (χ0n) is 8.72. The van der Waals surface area contributed by atoms with E-state index in [1.54, 1.807) is 0 Å². The first kappa shape index (κ1) is 9.97. The van der Waals surface area contributed by atoms with E-state index in [0.29, 0.717) is 12.5 Å². The average Bonchev–Trinajstić information content (AvgIpc) is 2.74. The van der Waals surface area contributed by atoms with Crippen LogP contribution in [-0.2, 0) is 4.79 Å². The Hall–Kier alpha value is -0.570. The second-order valence-electron chi connectivity index (χ2n) is 4.89. The number of carbonyl (C=O) groups excluding carboxylic acids is 1. The highest BCUT2D eigenvalue weighted by Gasteiger charge is 2.42. The normalized spacial score (nSPS) is 24.9. The summed E-state index contributed by atoms with van der Waals surface area (Å²) in [6, 6.07) is 0. The van der Waals surface area contributed by atoms with Crippen LogP contribution in [0.3, 0.4) is 0 Å². The fourth-order valence-corrected chi connectivity index (χ4v) is 2.35. The van der Waals surface area contributed by atoms with Crippen LogP contribution in [0.2, 0.25) is 0 Å². The van der Waals surface area contributed by atoms with E-state index in [-0.39, 0.29) is 11.4 Å². The lowest BCUT2D eigenvalue weighted by atomic mass is 10.0. The molecule has 0 aliphatic heterocycles. The van der Waals surface area contributed by atoms with Crippen molar-refractivity contribution in [2.24, 2.45) is 11.7 Å². The van der Waals surface area contributed by atoms with Crippen LogP contribution in [-0.4, -0.2) is 18.0 Å². The molecular formula is C11H20N2O. The van der Waals surface area contributed by atoms with Crippen LogP contribution in [0.4, 0.5) is 0 Å². The van der Waals surface area contributed by atoms with Gasteiger partial charge in [0, 0.05) is 13.0 Å². The van der Waals surface area contributed by atoms with Crippen LogP contribution in [0.25, 0.3) is 0 Å². The van der Waals surface area contributed by atoms with E-state index in [9.17, 15) is 4.79 Å². The summed E-state index contributed by atoms with van der Waals surface area (Å²) in [5.41, 5.74) is 5.61. The van der Waals surface area contributed by atoms with Crippen LogP contribution in [0.1, 0.15) is 44.9 Å². The summed E-state index contributed by atoms with van der Waals surface area (Å²) < 4.78 is 0. The summed E-state index contributed by atoms with van der Waals surface area (Å²) in [5, 5.41) is 3.08. The monoisotopic (exact) mass is 196 g/mol. The molecule has 0 unspecified atom stereocenters. The molecule has 0 atom stereocenters. The maximum atomic E-state index is 11.6. The smallest absolute Gasteiger partial charge is 0.220 e. The summed E-state index contributed by atoms with van der Waals surface area (Å²) >= 11 is 0. The Morgan fingerprint density at radius 2 is 2.00 bits per heavy atom. The number of nitrogens with one attached hydrogen (secondary N) is 1. The Labute approximate surface area is 85.4 Å². The molecule has 2 aliphatic carbocycles. The molecule has 0 heterocycles. The summed E-state index contributed by atoms with van der Waals surface area (Å²) in [5.74, 6) is 0.864. The molecule has 3 nitrogen and oxygen atoms in total. The van der Waals surface area contributed by atoms with E-state index < -0.39 is 0 Å². The van der Waals surface area contributed by atoms with Gasteiger partial charge in [0.1, 0.15) is 0 Å². The first-order valence-corrected chi connectivity index (χ1v) is 5.75. The predicted molar refractivity (Wildman–Crippen MR) is 55.7 cm³/mol. The van der Waals surface area contributed by atoms with Crippen molar-refractivity contribution in [1.82, 2.24) is 5.32 Å². The molecule has 0 aromatic carbocycles. The van der Waals surface area contributed by atoms with Crippen LogP contribution < -0.4 is 11.1 Å². The van der Waals surface area contributed by atoms with Gasteiger partial charge < -0.3 is 11.1 Å². The molecule has 14 heavy (non-hydrogen) atoms. The van der Waals surface area contributed by atoms with Gasteiger partial charge in [-0.1, -0.05) is 12.8 Å². The van der Waals surface area contributed by atoms with E-state index in [1.807, 2.05) is 0 Å². The standard InChI is InChI=1S/C11H20N2O/c12-8-11(5-6-11)13-10(14)7-9-3-1-2-4-9/h9H,1-8,12H2,(H,13,14). The number of hydrogen-bond donors (Lipinski definition) is 2. The van der Waals surface area contributed by atoms with Crippen molar-refractivity contribution in [2.45, 2.75) is 50.5 Å². The van der Waals surface area contributed by atoms with Crippen molar-refractivity contribution >= 4 is 5.91 Å². The lowest BCUT2D eigenvalue weighted by Gasteiger charge is -2.16. The largest absolute Gasteiger partial charge is 0.349 e. The SMILES string of the molecule is NCC1(NC(=O)CC2CCCC2)CC1. The Kier molecular flexibility index (Phi) is 2.77. The van der Waals surface area contributed by atoms with Crippen molar-refractivity contribution in [3.8, 4) is 0 Å². The molecule has 0 radical (unpaired) electrons. The van der Waals surface area contributed by atoms with Crippen molar-refractivity contribution in [2.75, 3.05) is 6.54 Å². The summed E-state index contributed by atoms with van der Waals surface area (Å²) in [6.45, 7) is 0.601. The van der Waals surface area contributed by atoms with E-state index in [1.165, 1.54) is 25.7 Å². The molecule has 2 aliphatic rings. The van der Waals surface area contributed by atoms with Crippen molar-refractivity contribution in [1.29, 1.82) is 0 Å². The van der Waals surface area contributed by atoms with Gasteiger partial charge in [0.25, 0.3) is 0 Å². The Morgan fingerprint density at radius 1 is 1.36 bits per heavy atom. The molecule has 2 saturated carbocycles. The highest BCUT2D eigenvalue weighted by Crippen LogP contribution is 2.34. The molecule has 3 N–H and O–H groups in total. The maximum Gasteiger partial charge on any atom is 0.220 e. The van der Waals surface area contributed by atoms with Gasteiger partial charge in [0.15, 0.2) is 0 Å². The number of amides is 1. The van der Waals surface area contributed by atoms with Crippen molar-refractivity contribution in [3.63, 3.8) is 0 Å². The number of rotatable bonds is 4. The molecule has 0 saturated heterocycles. The van der Waals surface area contributed by atoms with Gasteiger partial charge in [0.2, 0.25) is 5.91 Å². The molecule has 0 bridgehead atoms.